The normalized spacial score (nSPS) is 10.2. The molecular weight excluding hydrogens is 256 g/mol. The fourth-order valence-electron chi connectivity index (χ4n) is 1.93. The van der Waals surface area contributed by atoms with Crippen LogP contribution in [0.25, 0.3) is 0 Å². The maximum absolute atomic E-state index is 11.3. The molecule has 0 bridgehead atoms. The van der Waals surface area contributed by atoms with Gasteiger partial charge in [0.15, 0.2) is 0 Å². The van der Waals surface area contributed by atoms with Gasteiger partial charge in [-0.15, -0.1) is 0 Å². The second-order valence-electron chi connectivity index (χ2n) is 4.31. The minimum absolute atomic E-state index is 0.112. The number of rotatable bonds is 5. The summed E-state index contributed by atoms with van der Waals surface area (Å²) in [6.07, 6.45) is 4.88. The van der Waals surface area contributed by atoms with Crippen LogP contribution in [0.1, 0.15) is 22.8 Å². The summed E-state index contributed by atoms with van der Waals surface area (Å²) in [5.41, 5.74) is 7.10. The van der Waals surface area contributed by atoms with Gasteiger partial charge in [-0.2, -0.15) is 0 Å². The highest BCUT2D eigenvalue weighted by Gasteiger charge is 2.17. The molecule has 0 aliphatic carbocycles. The highest BCUT2D eigenvalue weighted by atomic mass is 16.4. The molecule has 0 aromatic carbocycles. The summed E-state index contributed by atoms with van der Waals surface area (Å²) in [6.45, 7) is 3.15. The van der Waals surface area contributed by atoms with Crippen LogP contribution in [0, 0.1) is 0 Å². The molecule has 20 heavy (non-hydrogen) atoms. The van der Waals surface area contributed by atoms with E-state index in [1.807, 2.05) is 24.0 Å². The van der Waals surface area contributed by atoms with Crippen molar-refractivity contribution in [3.05, 3.63) is 47.9 Å². The SMILES string of the molecule is CCN(Cc1ccncc1)c1ncc(N)cc1C(=O)O. The van der Waals surface area contributed by atoms with Gasteiger partial charge in [0.2, 0.25) is 0 Å². The van der Waals surface area contributed by atoms with Crippen LogP contribution in [0.2, 0.25) is 0 Å². The number of hydrogen-bond acceptors (Lipinski definition) is 5. The van der Waals surface area contributed by atoms with E-state index >= 15 is 0 Å². The molecule has 2 aromatic heterocycles. The third kappa shape index (κ3) is 3.03. The van der Waals surface area contributed by atoms with Crippen molar-refractivity contribution in [2.45, 2.75) is 13.5 Å². The van der Waals surface area contributed by atoms with Crippen LogP contribution in [0.3, 0.4) is 0 Å². The summed E-state index contributed by atoms with van der Waals surface area (Å²) >= 11 is 0. The van der Waals surface area contributed by atoms with Crippen molar-refractivity contribution in [2.75, 3.05) is 17.2 Å². The number of nitrogens with two attached hydrogens (primary N) is 1. The zero-order valence-electron chi connectivity index (χ0n) is 11.2. The van der Waals surface area contributed by atoms with Crippen LogP contribution < -0.4 is 10.6 Å². The lowest BCUT2D eigenvalue weighted by Gasteiger charge is -2.23. The molecule has 0 spiro atoms. The van der Waals surface area contributed by atoms with Crippen LogP contribution in [0.5, 0.6) is 0 Å². The van der Waals surface area contributed by atoms with Crippen LogP contribution in [0.4, 0.5) is 11.5 Å². The number of carbonyl (C=O) groups is 1. The Morgan fingerprint density at radius 3 is 2.70 bits per heavy atom. The average Bonchev–Trinajstić information content (AvgIpc) is 2.46. The van der Waals surface area contributed by atoms with Gasteiger partial charge in [-0.3, -0.25) is 4.98 Å². The molecule has 0 radical (unpaired) electrons. The number of pyridine rings is 2. The number of nitrogens with zero attached hydrogens (tertiary/aromatic N) is 3. The van der Waals surface area contributed by atoms with Crippen LogP contribution in [0.15, 0.2) is 36.8 Å². The van der Waals surface area contributed by atoms with Gasteiger partial charge < -0.3 is 15.7 Å². The van der Waals surface area contributed by atoms with Crippen LogP contribution in [-0.4, -0.2) is 27.6 Å². The van der Waals surface area contributed by atoms with Gasteiger partial charge in [0.25, 0.3) is 0 Å². The molecule has 0 amide bonds. The number of carboxylic acids is 1. The van der Waals surface area contributed by atoms with Crippen molar-refractivity contribution in [3.63, 3.8) is 0 Å². The van der Waals surface area contributed by atoms with Gasteiger partial charge in [-0.25, -0.2) is 9.78 Å². The molecule has 0 saturated carbocycles. The molecular formula is C14H16N4O2. The van der Waals surface area contributed by atoms with Gasteiger partial charge >= 0.3 is 5.97 Å². The predicted octanol–water partition coefficient (Wildman–Crippen LogP) is 1.78. The molecule has 0 unspecified atom stereocenters. The largest absolute Gasteiger partial charge is 0.478 e. The molecule has 0 saturated heterocycles. The molecule has 0 aliphatic rings. The van der Waals surface area contributed by atoms with Crippen molar-refractivity contribution < 1.29 is 9.90 Å². The number of anilines is 2. The van der Waals surface area contributed by atoms with Gasteiger partial charge in [-0.05, 0) is 30.7 Å². The van der Waals surface area contributed by atoms with E-state index in [0.717, 1.165) is 5.56 Å². The van der Waals surface area contributed by atoms with E-state index in [0.29, 0.717) is 24.6 Å². The topological polar surface area (TPSA) is 92.3 Å². The number of aromatic nitrogens is 2. The highest BCUT2D eigenvalue weighted by molar-refractivity contribution is 5.94. The lowest BCUT2D eigenvalue weighted by molar-refractivity contribution is 0.0697. The highest BCUT2D eigenvalue weighted by Crippen LogP contribution is 2.21. The first-order chi connectivity index (χ1) is 9.61. The maximum Gasteiger partial charge on any atom is 0.339 e. The van der Waals surface area contributed by atoms with Gasteiger partial charge in [-0.1, -0.05) is 0 Å². The zero-order valence-corrected chi connectivity index (χ0v) is 11.2. The number of hydrogen-bond donors (Lipinski definition) is 2. The zero-order chi connectivity index (χ0) is 14.5. The molecule has 2 rings (SSSR count). The third-order valence-electron chi connectivity index (χ3n) is 2.92. The molecule has 0 aliphatic heterocycles. The van der Waals surface area contributed by atoms with Crippen molar-refractivity contribution in [1.82, 2.24) is 9.97 Å². The molecule has 2 aromatic rings. The molecule has 104 valence electrons. The summed E-state index contributed by atoms with van der Waals surface area (Å²) in [6, 6.07) is 5.21. The number of carboxylic acid groups (broad SMARTS) is 1. The molecule has 6 nitrogen and oxygen atoms in total. The first-order valence-corrected chi connectivity index (χ1v) is 6.24. The molecule has 2 heterocycles. The average molecular weight is 272 g/mol. The number of aromatic carboxylic acids is 1. The summed E-state index contributed by atoms with van der Waals surface area (Å²) in [4.78, 5) is 21.3. The minimum Gasteiger partial charge on any atom is -0.478 e. The first-order valence-electron chi connectivity index (χ1n) is 6.24. The van der Waals surface area contributed by atoms with E-state index in [-0.39, 0.29) is 5.56 Å². The second kappa shape index (κ2) is 6.01. The van der Waals surface area contributed by atoms with Gasteiger partial charge in [0.1, 0.15) is 11.4 Å². The summed E-state index contributed by atoms with van der Waals surface area (Å²) in [5.74, 6) is -0.612. The van der Waals surface area contributed by atoms with Gasteiger partial charge in [0, 0.05) is 25.5 Å². The van der Waals surface area contributed by atoms with E-state index in [4.69, 9.17) is 5.73 Å². The fourth-order valence-corrected chi connectivity index (χ4v) is 1.93. The smallest absolute Gasteiger partial charge is 0.339 e. The molecule has 3 N–H and O–H groups in total. The molecule has 0 fully saturated rings. The molecule has 0 atom stereocenters. The Morgan fingerprint density at radius 2 is 2.10 bits per heavy atom. The molecule has 6 heteroatoms. The Kier molecular flexibility index (Phi) is 4.14. The quantitative estimate of drug-likeness (QED) is 0.862. The maximum atomic E-state index is 11.3. The Hall–Kier alpha value is -2.63. The first kappa shape index (κ1) is 13.8. The Balaban J connectivity index is 2.34. The Labute approximate surface area is 116 Å². The third-order valence-corrected chi connectivity index (χ3v) is 2.92. The predicted molar refractivity (Wildman–Crippen MR) is 76.6 cm³/mol. The Morgan fingerprint density at radius 1 is 1.40 bits per heavy atom. The van der Waals surface area contributed by atoms with Crippen molar-refractivity contribution >= 4 is 17.5 Å². The number of nitrogen functional groups attached to an aromatic ring is 1. The monoisotopic (exact) mass is 272 g/mol. The fraction of sp³-hybridized carbons (Fsp3) is 0.214. The van der Waals surface area contributed by atoms with E-state index in [2.05, 4.69) is 9.97 Å². The van der Waals surface area contributed by atoms with Crippen LogP contribution in [-0.2, 0) is 6.54 Å². The van der Waals surface area contributed by atoms with Crippen LogP contribution >= 0.6 is 0 Å². The standard InChI is InChI=1S/C14H16N4O2/c1-2-18(9-10-3-5-16-6-4-10)13-12(14(19)20)7-11(15)8-17-13/h3-8H,2,9,15H2,1H3,(H,19,20). The minimum atomic E-state index is -1.03. The van der Waals surface area contributed by atoms with E-state index in [1.54, 1.807) is 12.4 Å². The van der Waals surface area contributed by atoms with E-state index in [9.17, 15) is 9.90 Å². The summed E-state index contributed by atoms with van der Waals surface area (Å²) in [5, 5.41) is 9.27. The Bertz CT molecular complexity index is 601. The van der Waals surface area contributed by atoms with E-state index in [1.165, 1.54) is 12.3 Å². The lowest BCUT2D eigenvalue weighted by atomic mass is 10.2. The summed E-state index contributed by atoms with van der Waals surface area (Å²) < 4.78 is 0. The van der Waals surface area contributed by atoms with Crippen molar-refractivity contribution in [3.8, 4) is 0 Å². The van der Waals surface area contributed by atoms with E-state index < -0.39 is 5.97 Å². The summed E-state index contributed by atoms with van der Waals surface area (Å²) in [7, 11) is 0. The van der Waals surface area contributed by atoms with Crippen molar-refractivity contribution in [1.29, 1.82) is 0 Å². The van der Waals surface area contributed by atoms with Crippen molar-refractivity contribution in [2.24, 2.45) is 0 Å². The lowest BCUT2D eigenvalue weighted by Crippen LogP contribution is -2.25. The second-order valence-corrected chi connectivity index (χ2v) is 4.31. The van der Waals surface area contributed by atoms with Gasteiger partial charge in [0.05, 0.1) is 11.9 Å².